The van der Waals surface area contributed by atoms with Gasteiger partial charge in [-0.3, -0.25) is 0 Å². The van der Waals surface area contributed by atoms with Gasteiger partial charge in [-0.1, -0.05) is 0 Å². The summed E-state index contributed by atoms with van der Waals surface area (Å²) in [6.07, 6.45) is 4.93. The number of fused-ring (bicyclic) bond motifs is 1. The van der Waals surface area contributed by atoms with Crippen molar-refractivity contribution in [2.24, 2.45) is 0 Å². The van der Waals surface area contributed by atoms with Gasteiger partial charge < -0.3 is 4.74 Å². The van der Waals surface area contributed by atoms with E-state index < -0.39 is 10.0 Å². The summed E-state index contributed by atoms with van der Waals surface area (Å²) in [5.74, 6) is 1.22. The van der Waals surface area contributed by atoms with Crippen LogP contribution in [0.3, 0.4) is 0 Å². The molecule has 0 saturated carbocycles. The zero-order valence-electron chi connectivity index (χ0n) is 12.6. The predicted octanol–water partition coefficient (Wildman–Crippen LogP) is 2.38. The minimum atomic E-state index is -3.59. The van der Waals surface area contributed by atoms with Gasteiger partial charge in [0.05, 0.1) is 22.5 Å². The second-order valence-corrected chi connectivity index (χ2v) is 8.26. The van der Waals surface area contributed by atoms with Crippen molar-refractivity contribution in [1.29, 1.82) is 0 Å². The molecule has 0 amide bonds. The van der Waals surface area contributed by atoms with E-state index in [2.05, 4.69) is 25.9 Å². The number of hydrogen-bond donors (Lipinski definition) is 0. The Labute approximate surface area is 143 Å². The van der Waals surface area contributed by atoms with Crippen LogP contribution in [0.25, 0.3) is 0 Å². The number of rotatable bonds is 4. The molecule has 0 N–H and O–H groups in total. The summed E-state index contributed by atoms with van der Waals surface area (Å²) in [5.41, 5.74) is 0.936. The van der Waals surface area contributed by atoms with E-state index in [9.17, 15) is 8.42 Å². The molecule has 0 aliphatic carbocycles. The average molecular weight is 398 g/mol. The van der Waals surface area contributed by atoms with Crippen molar-refractivity contribution < 1.29 is 13.2 Å². The second-order valence-electron chi connectivity index (χ2n) is 5.30. The van der Waals surface area contributed by atoms with E-state index in [1.807, 2.05) is 0 Å². The van der Waals surface area contributed by atoms with Crippen LogP contribution in [-0.2, 0) is 23.0 Å². The smallest absolute Gasteiger partial charge is 0.243 e. The topological polar surface area (TPSA) is 72.4 Å². The lowest BCUT2D eigenvalue weighted by Gasteiger charge is -2.20. The minimum Gasteiger partial charge on any atom is -0.493 e. The van der Waals surface area contributed by atoms with Gasteiger partial charge in [0.2, 0.25) is 10.0 Å². The van der Waals surface area contributed by atoms with Crippen molar-refractivity contribution in [3.8, 4) is 5.75 Å². The largest absolute Gasteiger partial charge is 0.493 e. The van der Waals surface area contributed by atoms with Gasteiger partial charge in [0.15, 0.2) is 0 Å². The molecule has 1 aromatic heterocycles. The molecule has 0 spiro atoms. The van der Waals surface area contributed by atoms with Gasteiger partial charge in [-0.15, -0.1) is 0 Å². The summed E-state index contributed by atoms with van der Waals surface area (Å²) in [6, 6.07) is 5.01. The fourth-order valence-electron chi connectivity index (χ4n) is 2.38. The summed E-state index contributed by atoms with van der Waals surface area (Å²) in [6.45, 7) is 0.795. The Morgan fingerprint density at radius 3 is 2.78 bits per heavy atom. The monoisotopic (exact) mass is 397 g/mol. The van der Waals surface area contributed by atoms with Gasteiger partial charge in [-0.25, -0.2) is 18.4 Å². The van der Waals surface area contributed by atoms with Gasteiger partial charge in [0, 0.05) is 19.4 Å². The quantitative estimate of drug-likeness (QED) is 0.791. The molecule has 0 bridgehead atoms. The van der Waals surface area contributed by atoms with Crippen molar-refractivity contribution >= 4 is 26.0 Å². The molecular weight excluding hydrogens is 382 g/mol. The van der Waals surface area contributed by atoms with Gasteiger partial charge in [-0.2, -0.15) is 4.31 Å². The number of aromatic nitrogens is 2. The molecule has 0 unspecified atom stereocenters. The van der Waals surface area contributed by atoms with E-state index in [1.165, 1.54) is 11.4 Å². The van der Waals surface area contributed by atoms with E-state index in [4.69, 9.17) is 4.74 Å². The molecular formula is C15H16BrN3O3S. The molecule has 1 aromatic carbocycles. The molecule has 1 aliphatic heterocycles. The third-order valence-electron chi connectivity index (χ3n) is 3.63. The third kappa shape index (κ3) is 3.54. The van der Waals surface area contributed by atoms with Crippen molar-refractivity contribution in [3.63, 3.8) is 0 Å². The number of sulfonamides is 1. The second kappa shape index (κ2) is 6.54. The van der Waals surface area contributed by atoms with Gasteiger partial charge in [-0.05, 0) is 52.5 Å². The molecule has 23 heavy (non-hydrogen) atoms. The standard InChI is InChI=1S/C15H16BrN3O3S/c1-19(10-15-17-8-12(16)9-18-15)23(20,21)13-4-5-14-11(7-13)3-2-6-22-14/h4-5,7-9H,2-3,6,10H2,1H3. The molecule has 2 heterocycles. The SMILES string of the molecule is CN(Cc1ncc(Br)cn1)S(=O)(=O)c1ccc2c(c1)CCCO2. The average Bonchev–Trinajstić information content (AvgIpc) is 2.56. The fourth-order valence-corrected chi connectivity index (χ4v) is 3.76. The van der Waals surface area contributed by atoms with Crippen LogP contribution in [-0.4, -0.2) is 36.3 Å². The van der Waals surface area contributed by atoms with Crippen molar-refractivity contribution in [2.45, 2.75) is 24.3 Å². The predicted molar refractivity (Wildman–Crippen MR) is 88.6 cm³/mol. The summed E-state index contributed by atoms with van der Waals surface area (Å²) < 4.78 is 32.9. The molecule has 3 rings (SSSR count). The lowest BCUT2D eigenvalue weighted by molar-refractivity contribution is 0.288. The van der Waals surface area contributed by atoms with Crippen molar-refractivity contribution in [2.75, 3.05) is 13.7 Å². The maximum atomic E-state index is 12.7. The molecule has 2 aromatic rings. The zero-order chi connectivity index (χ0) is 16.4. The van der Waals surface area contributed by atoms with Crippen LogP contribution in [0.2, 0.25) is 0 Å². The van der Waals surface area contributed by atoms with Gasteiger partial charge in [0.1, 0.15) is 11.6 Å². The lowest BCUT2D eigenvalue weighted by atomic mass is 10.1. The zero-order valence-corrected chi connectivity index (χ0v) is 15.0. The molecule has 0 atom stereocenters. The Morgan fingerprint density at radius 2 is 2.04 bits per heavy atom. The van der Waals surface area contributed by atoms with E-state index in [-0.39, 0.29) is 11.4 Å². The van der Waals surface area contributed by atoms with Gasteiger partial charge in [0.25, 0.3) is 0 Å². The van der Waals surface area contributed by atoms with E-state index in [1.54, 1.807) is 30.6 Å². The van der Waals surface area contributed by atoms with E-state index in [0.29, 0.717) is 12.4 Å². The van der Waals surface area contributed by atoms with E-state index >= 15 is 0 Å². The summed E-state index contributed by atoms with van der Waals surface area (Å²) in [7, 11) is -2.07. The first kappa shape index (κ1) is 16.4. The normalized spacial score (nSPS) is 14.4. The number of ether oxygens (including phenoxy) is 1. The number of halogens is 1. The fraction of sp³-hybridized carbons (Fsp3) is 0.333. The van der Waals surface area contributed by atoms with Crippen molar-refractivity contribution in [1.82, 2.24) is 14.3 Å². The van der Waals surface area contributed by atoms with Crippen LogP contribution >= 0.6 is 15.9 Å². The van der Waals surface area contributed by atoms with E-state index in [0.717, 1.165) is 28.6 Å². The minimum absolute atomic E-state index is 0.114. The van der Waals surface area contributed by atoms with Gasteiger partial charge >= 0.3 is 0 Å². The maximum absolute atomic E-state index is 12.7. The van der Waals surface area contributed by atoms with Crippen LogP contribution in [0.5, 0.6) is 5.75 Å². The highest BCUT2D eigenvalue weighted by atomic mass is 79.9. The highest BCUT2D eigenvalue weighted by molar-refractivity contribution is 9.10. The molecule has 0 saturated heterocycles. The summed E-state index contributed by atoms with van der Waals surface area (Å²) >= 11 is 3.25. The lowest BCUT2D eigenvalue weighted by Crippen LogP contribution is -2.27. The first-order chi connectivity index (χ1) is 11.0. The van der Waals surface area contributed by atoms with Crippen LogP contribution in [0, 0.1) is 0 Å². The first-order valence-electron chi connectivity index (χ1n) is 7.15. The molecule has 122 valence electrons. The number of benzene rings is 1. The number of nitrogens with zero attached hydrogens (tertiary/aromatic N) is 3. The highest BCUT2D eigenvalue weighted by Crippen LogP contribution is 2.28. The molecule has 8 heteroatoms. The number of hydrogen-bond acceptors (Lipinski definition) is 5. The summed E-state index contributed by atoms with van der Waals surface area (Å²) in [4.78, 5) is 8.49. The maximum Gasteiger partial charge on any atom is 0.243 e. The Hall–Kier alpha value is -1.51. The molecule has 6 nitrogen and oxygen atoms in total. The first-order valence-corrected chi connectivity index (χ1v) is 9.38. The molecule has 1 aliphatic rings. The van der Waals surface area contributed by atoms with Crippen molar-refractivity contribution in [3.05, 3.63) is 46.5 Å². The van der Waals surface area contributed by atoms with Crippen LogP contribution < -0.4 is 4.74 Å². The Morgan fingerprint density at radius 1 is 1.30 bits per heavy atom. The molecule has 0 fully saturated rings. The van der Waals surface area contributed by atoms with Crippen LogP contribution in [0.1, 0.15) is 17.8 Å². The van der Waals surface area contributed by atoms with Crippen LogP contribution in [0.4, 0.5) is 0 Å². The Balaban J connectivity index is 1.84. The number of aryl methyl sites for hydroxylation is 1. The van der Waals surface area contributed by atoms with Crippen LogP contribution in [0.15, 0.2) is 40.0 Å². The Bertz CT molecular complexity index is 809. The summed E-state index contributed by atoms with van der Waals surface area (Å²) in [5, 5.41) is 0. The highest BCUT2D eigenvalue weighted by Gasteiger charge is 2.23. The third-order valence-corrected chi connectivity index (χ3v) is 5.83. The Kier molecular flexibility index (Phi) is 4.65. The molecule has 0 radical (unpaired) electrons.